The molecule has 0 radical (unpaired) electrons. The Kier molecular flexibility index (Phi) is 4.73. The van der Waals surface area contributed by atoms with E-state index in [4.69, 9.17) is 0 Å². The second kappa shape index (κ2) is 6.57. The number of nitrogens with zero attached hydrogens (tertiary/aromatic N) is 2. The molecule has 2 rings (SSSR count). The third kappa shape index (κ3) is 3.29. The van der Waals surface area contributed by atoms with Crippen LogP contribution in [0.25, 0.3) is 0 Å². The molecule has 0 aliphatic rings. The van der Waals surface area contributed by atoms with E-state index in [0.29, 0.717) is 5.69 Å². The molecule has 126 valence electrons. The fourth-order valence-electron chi connectivity index (χ4n) is 2.22. The number of hydrogen-bond donors (Lipinski definition) is 2. The third-order valence-electron chi connectivity index (χ3n) is 3.46. The van der Waals surface area contributed by atoms with Gasteiger partial charge in [0.1, 0.15) is 16.9 Å². The van der Waals surface area contributed by atoms with E-state index >= 15 is 0 Å². The Morgan fingerprint density at radius 2 is 1.67 bits per heavy atom. The summed E-state index contributed by atoms with van der Waals surface area (Å²) in [6.45, 7) is 2.65. The summed E-state index contributed by atoms with van der Waals surface area (Å²) < 4.78 is 4.62. The van der Waals surface area contributed by atoms with Crippen LogP contribution in [0.3, 0.4) is 0 Å². The first-order chi connectivity index (χ1) is 11.2. The maximum absolute atomic E-state index is 11.9. The second-order valence-corrected chi connectivity index (χ2v) is 5.46. The summed E-state index contributed by atoms with van der Waals surface area (Å²) in [6, 6.07) is 7.21. The van der Waals surface area contributed by atoms with E-state index < -0.39 is 28.7 Å². The van der Waals surface area contributed by atoms with Gasteiger partial charge in [-0.25, -0.2) is 4.79 Å². The molecule has 24 heavy (non-hydrogen) atoms. The van der Waals surface area contributed by atoms with E-state index in [9.17, 15) is 19.8 Å². The summed E-state index contributed by atoms with van der Waals surface area (Å²) in [5.74, 6) is -2.17. The first-order valence-corrected chi connectivity index (χ1v) is 7.15. The zero-order valence-corrected chi connectivity index (χ0v) is 13.8. The van der Waals surface area contributed by atoms with E-state index in [2.05, 4.69) is 9.41 Å². The Bertz CT molecular complexity index is 864. The average Bonchev–Trinajstić information content (AvgIpc) is 2.46. The molecule has 1 aromatic heterocycles. The zero-order valence-electron chi connectivity index (χ0n) is 13.8. The van der Waals surface area contributed by atoms with Crippen LogP contribution in [0.2, 0.25) is 0 Å². The number of carbonyl (C=O) groups excluding carboxylic acids is 1. The SMILES string of the molecule is CC(=O)c1c(O)oc(=O)c(C(C)=Nc2ccc(N(C)C)cc2)c1O. The number of aromatic hydroxyl groups is 2. The van der Waals surface area contributed by atoms with Crippen LogP contribution in [-0.4, -0.2) is 35.8 Å². The van der Waals surface area contributed by atoms with E-state index in [1.807, 2.05) is 31.1 Å². The van der Waals surface area contributed by atoms with Crippen molar-refractivity contribution in [3.8, 4) is 11.7 Å². The van der Waals surface area contributed by atoms with E-state index in [1.165, 1.54) is 6.92 Å². The topological polar surface area (TPSA) is 103 Å². The fraction of sp³-hybridized carbons (Fsp3) is 0.235. The molecule has 1 heterocycles. The van der Waals surface area contributed by atoms with Gasteiger partial charge in [0.2, 0.25) is 0 Å². The monoisotopic (exact) mass is 330 g/mol. The van der Waals surface area contributed by atoms with Gasteiger partial charge in [0.05, 0.1) is 11.4 Å². The second-order valence-electron chi connectivity index (χ2n) is 5.46. The van der Waals surface area contributed by atoms with Crippen LogP contribution < -0.4 is 10.5 Å². The summed E-state index contributed by atoms with van der Waals surface area (Å²) in [4.78, 5) is 29.6. The molecule has 0 saturated carbocycles. The van der Waals surface area contributed by atoms with Gasteiger partial charge in [-0.05, 0) is 38.1 Å². The van der Waals surface area contributed by atoms with Crippen molar-refractivity contribution in [2.24, 2.45) is 4.99 Å². The highest BCUT2D eigenvalue weighted by Crippen LogP contribution is 2.29. The van der Waals surface area contributed by atoms with Crippen molar-refractivity contribution in [3.63, 3.8) is 0 Å². The van der Waals surface area contributed by atoms with Gasteiger partial charge in [-0.2, -0.15) is 0 Å². The van der Waals surface area contributed by atoms with Crippen molar-refractivity contribution in [2.75, 3.05) is 19.0 Å². The summed E-state index contributed by atoms with van der Waals surface area (Å²) in [7, 11) is 3.82. The van der Waals surface area contributed by atoms with Crippen molar-refractivity contribution in [2.45, 2.75) is 13.8 Å². The van der Waals surface area contributed by atoms with Gasteiger partial charge in [0, 0.05) is 19.8 Å². The van der Waals surface area contributed by atoms with Gasteiger partial charge in [-0.15, -0.1) is 0 Å². The Morgan fingerprint density at radius 1 is 1.08 bits per heavy atom. The van der Waals surface area contributed by atoms with Crippen molar-refractivity contribution in [1.82, 2.24) is 0 Å². The van der Waals surface area contributed by atoms with Crippen LogP contribution in [0.15, 0.2) is 38.5 Å². The quantitative estimate of drug-likeness (QED) is 0.659. The molecule has 0 fully saturated rings. The molecule has 0 spiro atoms. The lowest BCUT2D eigenvalue weighted by atomic mass is 10.1. The predicted octanol–water partition coefficient (Wildman–Crippen LogP) is 2.46. The van der Waals surface area contributed by atoms with E-state index in [1.54, 1.807) is 12.1 Å². The number of benzene rings is 1. The van der Waals surface area contributed by atoms with Crippen LogP contribution in [0.5, 0.6) is 11.7 Å². The lowest BCUT2D eigenvalue weighted by Gasteiger charge is -2.12. The molecule has 2 N–H and O–H groups in total. The minimum absolute atomic E-state index is 0.168. The summed E-state index contributed by atoms with van der Waals surface area (Å²) in [5.41, 5.74) is 0.0473. The van der Waals surface area contributed by atoms with Gasteiger partial charge in [0.15, 0.2) is 5.78 Å². The van der Waals surface area contributed by atoms with Crippen LogP contribution in [0, 0.1) is 0 Å². The highest BCUT2D eigenvalue weighted by Gasteiger charge is 2.23. The largest absolute Gasteiger partial charge is 0.506 e. The van der Waals surface area contributed by atoms with Gasteiger partial charge >= 0.3 is 5.63 Å². The van der Waals surface area contributed by atoms with E-state index in [0.717, 1.165) is 12.6 Å². The van der Waals surface area contributed by atoms with Crippen LogP contribution in [-0.2, 0) is 0 Å². The average molecular weight is 330 g/mol. The molecule has 7 heteroatoms. The van der Waals surface area contributed by atoms with Gasteiger partial charge in [-0.1, -0.05) is 0 Å². The molecule has 0 saturated heterocycles. The molecule has 0 aliphatic carbocycles. The van der Waals surface area contributed by atoms with Crippen molar-refractivity contribution < 1.29 is 19.4 Å². The Hall–Kier alpha value is -3.09. The lowest BCUT2D eigenvalue weighted by Crippen LogP contribution is -2.15. The molecule has 0 atom stereocenters. The third-order valence-corrected chi connectivity index (χ3v) is 3.46. The number of anilines is 1. The smallest absolute Gasteiger partial charge is 0.351 e. The lowest BCUT2D eigenvalue weighted by molar-refractivity contribution is 0.100. The highest BCUT2D eigenvalue weighted by atomic mass is 16.5. The van der Waals surface area contributed by atoms with Crippen LogP contribution in [0.1, 0.15) is 29.8 Å². The molecule has 0 unspecified atom stereocenters. The highest BCUT2D eigenvalue weighted by molar-refractivity contribution is 6.07. The molecule has 7 nitrogen and oxygen atoms in total. The number of ketones is 1. The molecule has 0 aliphatic heterocycles. The normalized spacial score (nSPS) is 11.4. The number of carbonyl (C=O) groups is 1. The Balaban J connectivity index is 2.53. The minimum atomic E-state index is -0.971. The summed E-state index contributed by atoms with van der Waals surface area (Å²) >= 11 is 0. The fourth-order valence-corrected chi connectivity index (χ4v) is 2.22. The Labute approximate surface area is 138 Å². The van der Waals surface area contributed by atoms with Crippen molar-refractivity contribution >= 4 is 22.9 Å². The van der Waals surface area contributed by atoms with Gasteiger partial charge in [0.25, 0.3) is 5.95 Å². The van der Waals surface area contributed by atoms with Crippen LogP contribution in [0.4, 0.5) is 11.4 Å². The Morgan fingerprint density at radius 3 is 2.17 bits per heavy atom. The molecule has 2 aromatic rings. The predicted molar refractivity (Wildman–Crippen MR) is 91.0 cm³/mol. The van der Waals surface area contributed by atoms with Gasteiger partial charge in [-0.3, -0.25) is 9.79 Å². The van der Waals surface area contributed by atoms with E-state index in [-0.39, 0.29) is 11.3 Å². The number of rotatable bonds is 4. The number of Topliss-reactive ketones (excluding diaryl/α,β-unsaturated/α-hetero) is 1. The van der Waals surface area contributed by atoms with Crippen molar-refractivity contribution in [1.29, 1.82) is 0 Å². The summed E-state index contributed by atoms with van der Waals surface area (Å²) in [5, 5.41) is 19.7. The molecule has 0 amide bonds. The summed E-state index contributed by atoms with van der Waals surface area (Å²) in [6.07, 6.45) is 0. The number of hydrogen-bond acceptors (Lipinski definition) is 7. The maximum atomic E-state index is 11.9. The molecular weight excluding hydrogens is 312 g/mol. The standard InChI is InChI=1S/C17H18N2O5/c1-9(18-11-5-7-12(8-6-11)19(3)4)13-15(21)14(10(2)20)17(23)24-16(13)22/h5-8,21,23H,1-4H3. The molecular formula is C17H18N2O5. The minimum Gasteiger partial charge on any atom is -0.506 e. The maximum Gasteiger partial charge on any atom is 0.351 e. The first-order valence-electron chi connectivity index (χ1n) is 7.15. The first kappa shape index (κ1) is 17.3. The molecule has 1 aromatic carbocycles. The van der Waals surface area contributed by atoms with Crippen molar-refractivity contribution in [3.05, 3.63) is 45.8 Å². The zero-order chi connectivity index (χ0) is 18.0. The number of aliphatic imine (C=N–C) groups is 1. The molecule has 0 bridgehead atoms. The van der Waals surface area contributed by atoms with Crippen LogP contribution >= 0.6 is 0 Å². The van der Waals surface area contributed by atoms with Gasteiger partial charge < -0.3 is 19.5 Å².